The third kappa shape index (κ3) is 3.70. The fourth-order valence-electron chi connectivity index (χ4n) is 3.60. The Bertz CT molecular complexity index is 923. The van der Waals surface area contributed by atoms with Crippen molar-refractivity contribution in [3.05, 3.63) is 52.5 Å². The average Bonchev–Trinajstić information content (AvgIpc) is 3.44. The molecule has 0 aromatic heterocycles. The average molecular weight is 400 g/mol. The first-order valence-corrected chi connectivity index (χ1v) is 9.60. The van der Waals surface area contributed by atoms with Crippen LogP contribution in [0.15, 0.2) is 41.4 Å². The zero-order valence-electron chi connectivity index (χ0n) is 15.5. The van der Waals surface area contributed by atoms with Crippen LogP contribution in [0, 0.1) is 5.92 Å². The second-order valence-electron chi connectivity index (χ2n) is 7.30. The van der Waals surface area contributed by atoms with Crippen LogP contribution in [0.4, 0.5) is 5.69 Å². The monoisotopic (exact) mass is 399 g/mol. The number of anilines is 1. The molecule has 6 nitrogen and oxygen atoms in total. The summed E-state index contributed by atoms with van der Waals surface area (Å²) in [6, 6.07) is 10.9. The fourth-order valence-corrected chi connectivity index (χ4v) is 3.73. The third-order valence-corrected chi connectivity index (χ3v) is 5.47. The van der Waals surface area contributed by atoms with E-state index >= 15 is 0 Å². The number of aliphatic hydroxyl groups excluding tert-OH is 1. The lowest BCUT2D eigenvalue weighted by Gasteiger charge is -2.36. The number of rotatable bonds is 5. The molecule has 2 aromatic carbocycles. The van der Waals surface area contributed by atoms with Gasteiger partial charge in [-0.15, -0.1) is 0 Å². The summed E-state index contributed by atoms with van der Waals surface area (Å²) in [6.07, 6.45) is 2.05. The molecule has 3 N–H and O–H groups in total. The molecule has 1 saturated heterocycles. The molecule has 0 bridgehead atoms. The Morgan fingerprint density at radius 3 is 2.64 bits per heavy atom. The molecule has 2 aromatic rings. The third-order valence-electron chi connectivity index (χ3n) is 5.22. The van der Waals surface area contributed by atoms with Gasteiger partial charge in [0.2, 0.25) is 5.91 Å². The largest absolute Gasteiger partial charge is 0.457 e. The van der Waals surface area contributed by atoms with Crippen LogP contribution in [0.1, 0.15) is 23.5 Å². The summed E-state index contributed by atoms with van der Waals surface area (Å²) in [7, 11) is 1.68. The van der Waals surface area contributed by atoms with Crippen molar-refractivity contribution in [2.75, 3.05) is 25.9 Å². The summed E-state index contributed by atoms with van der Waals surface area (Å²) in [5, 5.41) is 10.1. The molecule has 1 saturated carbocycles. The van der Waals surface area contributed by atoms with Crippen LogP contribution >= 0.6 is 11.6 Å². The molecule has 2 atom stereocenters. The van der Waals surface area contributed by atoms with E-state index in [0.29, 0.717) is 35.3 Å². The van der Waals surface area contributed by atoms with E-state index in [0.717, 1.165) is 17.5 Å². The number of ether oxygens (including phenoxy) is 1. The quantitative estimate of drug-likeness (QED) is 0.597. The Morgan fingerprint density at radius 2 is 2.00 bits per heavy atom. The van der Waals surface area contributed by atoms with Gasteiger partial charge >= 0.3 is 0 Å². The number of likely N-dealkylation sites (tertiary alicyclic amines) is 1. The van der Waals surface area contributed by atoms with Crippen molar-refractivity contribution < 1.29 is 14.6 Å². The zero-order chi connectivity index (χ0) is 19.8. The first kappa shape index (κ1) is 18.8. The highest BCUT2D eigenvalue weighted by Crippen LogP contribution is 2.52. The Kier molecular flexibility index (Phi) is 5.00. The van der Waals surface area contributed by atoms with Crippen molar-refractivity contribution in [3.8, 4) is 11.5 Å². The van der Waals surface area contributed by atoms with Crippen molar-refractivity contribution in [2.45, 2.75) is 18.4 Å². The topological polar surface area (TPSA) is 88.1 Å². The molecule has 4 rings (SSSR count). The normalized spacial score (nSPS) is 21.6. The van der Waals surface area contributed by atoms with Crippen molar-refractivity contribution in [1.82, 2.24) is 4.90 Å². The number of β-amino-alcohol motifs (C(OH)–C–C–N with tert-alkyl or cyclic N) is 1. The predicted octanol–water partition coefficient (Wildman–Crippen LogP) is 3.07. The maximum absolute atomic E-state index is 12.6. The van der Waals surface area contributed by atoms with E-state index in [9.17, 15) is 9.90 Å². The second kappa shape index (κ2) is 7.45. The molecule has 1 heterocycles. The summed E-state index contributed by atoms with van der Waals surface area (Å²) in [6.45, 7) is 0.843. The van der Waals surface area contributed by atoms with Crippen molar-refractivity contribution in [3.63, 3.8) is 0 Å². The minimum absolute atomic E-state index is 0.0583. The van der Waals surface area contributed by atoms with Gasteiger partial charge < -0.3 is 20.5 Å². The SMILES string of the molecule is CN=Cc1cc(Oc2ccc(Cl)cc2)cc([C@@H]2C[C@H]2C(=O)N2CC(O)C2)c1N. The number of nitrogens with zero attached hydrogens (tertiary/aromatic N) is 2. The van der Waals surface area contributed by atoms with Crippen molar-refractivity contribution in [2.24, 2.45) is 10.9 Å². The number of benzene rings is 2. The standard InChI is InChI=1S/C21H22ClN3O3/c1-24-9-12-6-16(28-15-4-2-13(22)3-5-15)7-18(20(12)23)17-8-19(17)21(27)25-10-14(26)11-25/h2-7,9,14,17,19,26H,8,10-11,23H2,1H3/t17-,19+/m0/s1. The number of hydrogen-bond donors (Lipinski definition) is 2. The lowest BCUT2D eigenvalue weighted by molar-refractivity contribution is -0.142. The van der Waals surface area contributed by atoms with Gasteiger partial charge in [0.05, 0.1) is 6.10 Å². The molecule has 28 heavy (non-hydrogen) atoms. The maximum atomic E-state index is 12.6. The minimum atomic E-state index is -0.394. The number of halogens is 1. The number of aliphatic hydroxyl groups is 1. The first-order valence-electron chi connectivity index (χ1n) is 9.22. The first-order chi connectivity index (χ1) is 13.5. The molecule has 0 spiro atoms. The van der Waals surface area contributed by atoms with Gasteiger partial charge in [-0.25, -0.2) is 0 Å². The number of hydrogen-bond acceptors (Lipinski definition) is 5. The van der Waals surface area contributed by atoms with Gasteiger partial charge in [0.25, 0.3) is 0 Å². The van der Waals surface area contributed by atoms with Gasteiger partial charge in [0, 0.05) is 48.5 Å². The smallest absolute Gasteiger partial charge is 0.226 e. The van der Waals surface area contributed by atoms with Crippen molar-refractivity contribution >= 4 is 29.4 Å². The van der Waals surface area contributed by atoms with E-state index in [1.54, 1.807) is 42.4 Å². The number of nitrogen functional groups attached to an aromatic ring is 1. The summed E-state index contributed by atoms with van der Waals surface area (Å²) in [4.78, 5) is 18.3. The Hall–Kier alpha value is -2.57. The second-order valence-corrected chi connectivity index (χ2v) is 7.74. The Labute approximate surface area is 168 Å². The van der Waals surface area contributed by atoms with Crippen molar-refractivity contribution in [1.29, 1.82) is 0 Å². The van der Waals surface area contributed by atoms with Crippen LogP contribution in [0.3, 0.4) is 0 Å². The van der Waals surface area contributed by atoms with Gasteiger partial charge in [0.15, 0.2) is 0 Å². The van der Waals surface area contributed by atoms with Gasteiger partial charge in [0.1, 0.15) is 11.5 Å². The van der Waals surface area contributed by atoms with Crippen LogP contribution in [-0.4, -0.2) is 48.4 Å². The lowest BCUT2D eigenvalue weighted by Crippen LogP contribution is -2.54. The van der Waals surface area contributed by atoms with Gasteiger partial charge in [-0.2, -0.15) is 0 Å². The molecule has 1 aliphatic carbocycles. The van der Waals surface area contributed by atoms with Crippen LogP contribution in [0.5, 0.6) is 11.5 Å². The van der Waals surface area contributed by atoms with E-state index in [1.807, 2.05) is 12.1 Å². The molecule has 1 amide bonds. The summed E-state index contributed by atoms with van der Waals surface area (Å²) in [5.41, 5.74) is 8.66. The molecule has 2 fully saturated rings. The molecule has 2 aliphatic rings. The summed E-state index contributed by atoms with van der Waals surface area (Å²) in [5.74, 6) is 1.36. The molecule has 146 valence electrons. The number of nitrogens with two attached hydrogens (primary N) is 1. The number of aliphatic imine (C=N–C) groups is 1. The van der Waals surface area contributed by atoms with Gasteiger partial charge in [-0.1, -0.05) is 11.6 Å². The van der Waals surface area contributed by atoms with E-state index in [1.165, 1.54) is 0 Å². The highest BCUT2D eigenvalue weighted by molar-refractivity contribution is 6.30. The van der Waals surface area contributed by atoms with Gasteiger partial charge in [-0.3, -0.25) is 9.79 Å². The van der Waals surface area contributed by atoms with E-state index in [2.05, 4.69) is 4.99 Å². The Morgan fingerprint density at radius 1 is 1.29 bits per heavy atom. The fraction of sp³-hybridized carbons (Fsp3) is 0.333. The van der Waals surface area contributed by atoms with Crippen LogP contribution in [-0.2, 0) is 4.79 Å². The highest BCUT2D eigenvalue weighted by atomic mass is 35.5. The maximum Gasteiger partial charge on any atom is 0.226 e. The molecule has 1 aliphatic heterocycles. The Balaban J connectivity index is 1.58. The summed E-state index contributed by atoms with van der Waals surface area (Å²) < 4.78 is 5.98. The molecule has 0 unspecified atom stereocenters. The number of amides is 1. The van der Waals surface area contributed by atoms with Crippen LogP contribution in [0.25, 0.3) is 0 Å². The lowest BCUT2D eigenvalue weighted by atomic mass is 10.0. The zero-order valence-corrected chi connectivity index (χ0v) is 16.3. The summed E-state index contributed by atoms with van der Waals surface area (Å²) >= 11 is 5.93. The van der Waals surface area contributed by atoms with E-state index in [-0.39, 0.29) is 17.7 Å². The molecular formula is C21H22ClN3O3. The van der Waals surface area contributed by atoms with Crippen LogP contribution in [0.2, 0.25) is 5.02 Å². The van der Waals surface area contributed by atoms with E-state index < -0.39 is 6.10 Å². The minimum Gasteiger partial charge on any atom is -0.457 e. The highest BCUT2D eigenvalue weighted by Gasteiger charge is 2.48. The number of carbonyl (C=O) groups is 1. The molecule has 0 radical (unpaired) electrons. The molecular weight excluding hydrogens is 378 g/mol. The van der Waals surface area contributed by atoms with E-state index in [4.69, 9.17) is 22.1 Å². The molecule has 7 heteroatoms. The van der Waals surface area contributed by atoms with Crippen LogP contribution < -0.4 is 10.5 Å². The number of carbonyl (C=O) groups excluding carboxylic acids is 1. The van der Waals surface area contributed by atoms with Gasteiger partial charge in [-0.05, 0) is 54.3 Å². The predicted molar refractivity (Wildman–Crippen MR) is 109 cm³/mol.